The van der Waals surface area contributed by atoms with Crippen molar-refractivity contribution in [2.45, 2.75) is 12.8 Å². The van der Waals surface area contributed by atoms with Crippen LogP contribution in [-0.4, -0.2) is 20.0 Å². The van der Waals surface area contributed by atoms with Crippen LogP contribution in [0.4, 0.5) is 4.39 Å². The third-order valence-electron chi connectivity index (χ3n) is 3.28. The molecule has 0 spiro atoms. The van der Waals surface area contributed by atoms with Crippen molar-refractivity contribution < 1.29 is 18.7 Å². The molecule has 4 heteroatoms. The summed E-state index contributed by atoms with van der Waals surface area (Å²) in [4.78, 5) is 12.2. The Bertz CT molecular complexity index is 638. The fourth-order valence-electron chi connectivity index (χ4n) is 2.10. The van der Waals surface area contributed by atoms with E-state index in [1.807, 2.05) is 0 Å². The number of Topliss-reactive ketones (excluding diaryl/α,β-unsaturated/α-hetero) is 1. The number of carbonyl (C=O) groups is 1. The lowest BCUT2D eigenvalue weighted by molar-refractivity contribution is 0.0982. The fraction of sp³-hybridized carbons (Fsp3) is 0.235. The fourth-order valence-corrected chi connectivity index (χ4v) is 2.10. The number of hydrogen-bond acceptors (Lipinski definition) is 3. The third-order valence-corrected chi connectivity index (χ3v) is 3.28. The molecule has 0 saturated carbocycles. The molecular weight excluding hydrogens is 271 g/mol. The molecule has 21 heavy (non-hydrogen) atoms. The van der Waals surface area contributed by atoms with Crippen LogP contribution in [0.15, 0.2) is 42.5 Å². The van der Waals surface area contributed by atoms with Gasteiger partial charge in [0.2, 0.25) is 0 Å². The zero-order valence-electron chi connectivity index (χ0n) is 12.1. The zero-order chi connectivity index (χ0) is 15.2. The smallest absolute Gasteiger partial charge is 0.163 e. The number of hydrogen-bond donors (Lipinski definition) is 0. The molecule has 0 aliphatic rings. The summed E-state index contributed by atoms with van der Waals surface area (Å²) >= 11 is 0. The minimum absolute atomic E-state index is 0.0563. The molecule has 0 aliphatic carbocycles. The molecule has 0 unspecified atom stereocenters. The molecule has 0 radical (unpaired) electrons. The van der Waals surface area contributed by atoms with E-state index < -0.39 is 0 Å². The van der Waals surface area contributed by atoms with Crippen molar-refractivity contribution in [2.75, 3.05) is 14.2 Å². The zero-order valence-corrected chi connectivity index (χ0v) is 12.1. The normalized spacial score (nSPS) is 10.2. The van der Waals surface area contributed by atoms with Gasteiger partial charge in [-0.2, -0.15) is 0 Å². The Morgan fingerprint density at radius 3 is 2.43 bits per heavy atom. The predicted molar refractivity (Wildman–Crippen MR) is 78.6 cm³/mol. The van der Waals surface area contributed by atoms with E-state index >= 15 is 0 Å². The van der Waals surface area contributed by atoms with Crippen molar-refractivity contribution in [3.05, 3.63) is 59.4 Å². The van der Waals surface area contributed by atoms with Gasteiger partial charge in [0, 0.05) is 12.0 Å². The SMILES string of the molecule is COc1ccc(C(=O)CCc2ccccc2F)cc1OC. The van der Waals surface area contributed by atoms with Crippen molar-refractivity contribution in [2.24, 2.45) is 0 Å². The Morgan fingerprint density at radius 1 is 1.05 bits per heavy atom. The molecule has 0 N–H and O–H groups in total. The van der Waals surface area contributed by atoms with Crippen LogP contribution in [0.25, 0.3) is 0 Å². The van der Waals surface area contributed by atoms with Gasteiger partial charge in [-0.15, -0.1) is 0 Å². The van der Waals surface area contributed by atoms with Gasteiger partial charge in [0.1, 0.15) is 5.82 Å². The summed E-state index contributed by atoms with van der Waals surface area (Å²) in [6.07, 6.45) is 0.621. The van der Waals surface area contributed by atoms with Gasteiger partial charge in [0.05, 0.1) is 14.2 Å². The Labute approximate surface area is 123 Å². The number of carbonyl (C=O) groups excluding carboxylic acids is 1. The maximum atomic E-state index is 13.5. The van der Waals surface area contributed by atoms with Gasteiger partial charge >= 0.3 is 0 Å². The Hall–Kier alpha value is -2.36. The number of halogens is 1. The lowest BCUT2D eigenvalue weighted by atomic mass is 10.0. The highest BCUT2D eigenvalue weighted by molar-refractivity contribution is 5.96. The lowest BCUT2D eigenvalue weighted by Gasteiger charge is -2.09. The molecule has 2 aromatic rings. The van der Waals surface area contributed by atoms with Gasteiger partial charge in [0.15, 0.2) is 17.3 Å². The first-order chi connectivity index (χ1) is 10.2. The van der Waals surface area contributed by atoms with Crippen LogP contribution in [-0.2, 0) is 6.42 Å². The van der Waals surface area contributed by atoms with Crippen molar-refractivity contribution in [1.82, 2.24) is 0 Å². The van der Waals surface area contributed by atoms with E-state index in [0.29, 0.717) is 29.0 Å². The van der Waals surface area contributed by atoms with E-state index in [0.717, 1.165) is 0 Å². The minimum Gasteiger partial charge on any atom is -0.493 e. The highest BCUT2D eigenvalue weighted by Gasteiger charge is 2.11. The van der Waals surface area contributed by atoms with E-state index in [4.69, 9.17) is 9.47 Å². The minimum atomic E-state index is -0.280. The molecule has 0 saturated heterocycles. The van der Waals surface area contributed by atoms with Gasteiger partial charge in [-0.05, 0) is 36.2 Å². The maximum absolute atomic E-state index is 13.5. The van der Waals surface area contributed by atoms with Crippen molar-refractivity contribution >= 4 is 5.78 Å². The standard InChI is InChI=1S/C17H17FO3/c1-20-16-10-8-13(11-17(16)21-2)15(19)9-7-12-5-3-4-6-14(12)18/h3-6,8,10-11H,7,9H2,1-2H3. The average molecular weight is 288 g/mol. The largest absolute Gasteiger partial charge is 0.493 e. The number of ketones is 1. The van der Waals surface area contributed by atoms with E-state index in [9.17, 15) is 9.18 Å². The van der Waals surface area contributed by atoms with Crippen LogP contribution in [0.5, 0.6) is 11.5 Å². The molecule has 2 aromatic carbocycles. The quantitative estimate of drug-likeness (QED) is 0.761. The first kappa shape index (κ1) is 15.0. The summed E-state index contributed by atoms with van der Waals surface area (Å²) in [6, 6.07) is 11.5. The second kappa shape index (κ2) is 6.88. The van der Waals surface area contributed by atoms with Gasteiger partial charge in [-0.3, -0.25) is 4.79 Å². The number of aryl methyl sites for hydroxylation is 1. The maximum Gasteiger partial charge on any atom is 0.163 e. The molecule has 0 fully saturated rings. The van der Waals surface area contributed by atoms with E-state index in [2.05, 4.69) is 0 Å². The molecule has 0 atom stereocenters. The van der Waals surface area contributed by atoms with Crippen LogP contribution >= 0.6 is 0 Å². The number of benzene rings is 2. The van der Waals surface area contributed by atoms with E-state index in [1.165, 1.54) is 20.3 Å². The van der Waals surface area contributed by atoms with Gasteiger partial charge < -0.3 is 9.47 Å². The molecule has 0 aliphatic heterocycles. The molecule has 2 rings (SSSR count). The number of ether oxygens (including phenoxy) is 2. The van der Waals surface area contributed by atoms with Crippen LogP contribution in [0, 0.1) is 5.82 Å². The van der Waals surface area contributed by atoms with Crippen LogP contribution in [0.1, 0.15) is 22.3 Å². The monoisotopic (exact) mass is 288 g/mol. The third kappa shape index (κ3) is 3.60. The summed E-state index contributed by atoms with van der Waals surface area (Å²) < 4.78 is 23.8. The summed E-state index contributed by atoms with van der Waals surface area (Å²) in [6.45, 7) is 0. The van der Waals surface area contributed by atoms with Gasteiger partial charge in [-0.25, -0.2) is 4.39 Å². The summed E-state index contributed by atoms with van der Waals surface area (Å²) in [5.41, 5.74) is 1.08. The van der Waals surface area contributed by atoms with Gasteiger partial charge in [0.25, 0.3) is 0 Å². The topological polar surface area (TPSA) is 35.5 Å². The Morgan fingerprint density at radius 2 is 1.76 bits per heavy atom. The molecule has 3 nitrogen and oxygen atoms in total. The van der Waals surface area contributed by atoms with E-state index in [1.54, 1.807) is 36.4 Å². The summed E-state index contributed by atoms with van der Waals surface area (Å²) in [5.74, 6) is 0.745. The molecule has 0 bridgehead atoms. The molecule has 0 heterocycles. The first-order valence-electron chi connectivity index (χ1n) is 6.64. The second-order valence-corrected chi connectivity index (χ2v) is 4.58. The van der Waals surface area contributed by atoms with Crippen molar-refractivity contribution in [1.29, 1.82) is 0 Å². The molecular formula is C17H17FO3. The highest BCUT2D eigenvalue weighted by Crippen LogP contribution is 2.28. The molecule has 0 amide bonds. The Balaban J connectivity index is 2.09. The lowest BCUT2D eigenvalue weighted by Crippen LogP contribution is -2.03. The predicted octanol–water partition coefficient (Wildman–Crippen LogP) is 3.66. The number of methoxy groups -OCH3 is 2. The summed E-state index contributed by atoms with van der Waals surface area (Å²) in [5, 5.41) is 0. The Kier molecular flexibility index (Phi) is 4.93. The van der Waals surface area contributed by atoms with Crippen molar-refractivity contribution in [3.63, 3.8) is 0 Å². The van der Waals surface area contributed by atoms with Gasteiger partial charge in [-0.1, -0.05) is 18.2 Å². The highest BCUT2D eigenvalue weighted by atomic mass is 19.1. The average Bonchev–Trinajstić information content (AvgIpc) is 2.53. The molecule has 0 aromatic heterocycles. The van der Waals surface area contributed by atoms with E-state index in [-0.39, 0.29) is 18.0 Å². The molecule has 110 valence electrons. The first-order valence-corrected chi connectivity index (χ1v) is 6.64. The number of rotatable bonds is 6. The summed E-state index contributed by atoms with van der Waals surface area (Å²) in [7, 11) is 3.06. The van der Waals surface area contributed by atoms with Crippen LogP contribution in [0.2, 0.25) is 0 Å². The van der Waals surface area contributed by atoms with Crippen LogP contribution < -0.4 is 9.47 Å². The van der Waals surface area contributed by atoms with Crippen LogP contribution in [0.3, 0.4) is 0 Å². The second-order valence-electron chi connectivity index (χ2n) is 4.58. The van der Waals surface area contributed by atoms with Crippen molar-refractivity contribution in [3.8, 4) is 11.5 Å².